The van der Waals surface area contributed by atoms with Gasteiger partial charge in [-0.15, -0.1) is 0 Å². The van der Waals surface area contributed by atoms with Gasteiger partial charge in [-0.1, -0.05) is 6.92 Å². The van der Waals surface area contributed by atoms with Crippen LogP contribution in [-0.4, -0.2) is 23.3 Å². The number of amides is 1. The highest BCUT2D eigenvalue weighted by Gasteiger charge is 2.38. The van der Waals surface area contributed by atoms with Crippen LogP contribution < -0.4 is 4.90 Å². The maximum atomic E-state index is 12.9. The summed E-state index contributed by atoms with van der Waals surface area (Å²) in [6.07, 6.45) is -5.76. The monoisotopic (exact) mass is 331 g/mol. The molecule has 1 aliphatic rings. The maximum Gasteiger partial charge on any atom is 0.416 e. The summed E-state index contributed by atoms with van der Waals surface area (Å²) in [5, 5.41) is 10.2. The largest absolute Gasteiger partial charge is 0.446 e. The van der Waals surface area contributed by atoms with Crippen LogP contribution in [0.2, 0.25) is 0 Å². The molecule has 7 heteroatoms. The van der Waals surface area contributed by atoms with Crippen LogP contribution in [0.5, 0.6) is 0 Å². The fourth-order valence-electron chi connectivity index (χ4n) is 2.76. The summed E-state index contributed by atoms with van der Waals surface area (Å²) in [6, 6.07) is 2.73. The third-order valence-electron chi connectivity index (χ3n) is 3.84. The molecule has 1 N–H and O–H groups in total. The Balaban J connectivity index is 2.48. The van der Waals surface area contributed by atoms with Gasteiger partial charge in [0.05, 0.1) is 23.5 Å². The van der Waals surface area contributed by atoms with Gasteiger partial charge >= 0.3 is 12.3 Å². The van der Waals surface area contributed by atoms with Crippen LogP contribution in [0.25, 0.3) is 0 Å². The van der Waals surface area contributed by atoms with Gasteiger partial charge in [0.1, 0.15) is 0 Å². The van der Waals surface area contributed by atoms with Gasteiger partial charge in [0, 0.05) is 11.6 Å². The Labute approximate surface area is 132 Å². The molecule has 0 saturated carbocycles. The van der Waals surface area contributed by atoms with Gasteiger partial charge < -0.3 is 9.84 Å². The van der Waals surface area contributed by atoms with Crippen LogP contribution in [0.4, 0.5) is 23.7 Å². The maximum absolute atomic E-state index is 12.9. The number of carbonyl (C=O) groups is 1. The normalized spacial score (nSPS) is 21.3. The Kier molecular flexibility index (Phi) is 4.89. The minimum Gasteiger partial charge on any atom is -0.446 e. The highest BCUT2D eigenvalue weighted by Crippen LogP contribution is 2.41. The van der Waals surface area contributed by atoms with Crippen LogP contribution in [0.3, 0.4) is 0 Å². The molecule has 0 aromatic heterocycles. The van der Waals surface area contributed by atoms with E-state index >= 15 is 0 Å². The molecule has 23 heavy (non-hydrogen) atoms. The lowest BCUT2D eigenvalue weighted by Crippen LogP contribution is -2.45. The summed E-state index contributed by atoms with van der Waals surface area (Å²) in [5.41, 5.74) is -0.470. The first-order valence-corrected chi connectivity index (χ1v) is 7.54. The quantitative estimate of drug-likeness (QED) is 0.880. The van der Waals surface area contributed by atoms with Gasteiger partial charge in [-0.05, 0) is 44.9 Å². The fraction of sp³-hybridized carbons (Fsp3) is 0.562. The van der Waals surface area contributed by atoms with Crippen LogP contribution in [0, 0.1) is 0 Å². The number of hydrogen-bond acceptors (Lipinski definition) is 3. The van der Waals surface area contributed by atoms with Crippen molar-refractivity contribution < 1.29 is 27.8 Å². The van der Waals surface area contributed by atoms with Crippen LogP contribution in [0.15, 0.2) is 18.2 Å². The minimum atomic E-state index is -4.50. The molecule has 128 valence electrons. The number of alkyl halides is 3. The topological polar surface area (TPSA) is 49.8 Å². The van der Waals surface area contributed by atoms with Gasteiger partial charge in [-0.2, -0.15) is 13.2 Å². The Morgan fingerprint density at radius 2 is 2.09 bits per heavy atom. The van der Waals surface area contributed by atoms with Crippen LogP contribution in [-0.2, 0) is 10.9 Å². The zero-order valence-electron chi connectivity index (χ0n) is 13.2. The number of rotatable bonds is 2. The molecule has 0 saturated heterocycles. The summed E-state index contributed by atoms with van der Waals surface area (Å²) in [5.74, 6) is 0. The highest BCUT2D eigenvalue weighted by atomic mass is 19.4. The first kappa shape index (κ1) is 17.6. The molecule has 1 heterocycles. The van der Waals surface area contributed by atoms with E-state index in [0.29, 0.717) is 6.42 Å². The Bertz CT molecular complexity index is 586. The van der Waals surface area contributed by atoms with E-state index in [9.17, 15) is 23.1 Å². The lowest BCUT2D eigenvalue weighted by Gasteiger charge is -2.38. The number of halogens is 3. The van der Waals surface area contributed by atoms with Gasteiger partial charge in [-0.25, -0.2) is 4.79 Å². The molecule has 1 aromatic rings. The average molecular weight is 331 g/mol. The lowest BCUT2D eigenvalue weighted by molar-refractivity contribution is -0.137. The summed E-state index contributed by atoms with van der Waals surface area (Å²) < 4.78 is 43.8. The Hall–Kier alpha value is -1.76. The summed E-state index contributed by atoms with van der Waals surface area (Å²) >= 11 is 0. The molecule has 0 bridgehead atoms. The molecule has 0 aliphatic carbocycles. The van der Waals surface area contributed by atoms with Crippen molar-refractivity contribution in [2.45, 2.75) is 58.0 Å². The van der Waals surface area contributed by atoms with E-state index < -0.39 is 23.9 Å². The summed E-state index contributed by atoms with van der Waals surface area (Å²) in [7, 11) is 0. The number of anilines is 1. The van der Waals surface area contributed by atoms with E-state index in [1.807, 2.05) is 6.92 Å². The van der Waals surface area contributed by atoms with Crippen molar-refractivity contribution in [1.29, 1.82) is 0 Å². The van der Waals surface area contributed by atoms with Crippen LogP contribution >= 0.6 is 0 Å². The second kappa shape index (κ2) is 6.39. The number of nitrogens with zero attached hydrogens (tertiary/aromatic N) is 1. The van der Waals surface area contributed by atoms with E-state index in [2.05, 4.69) is 0 Å². The zero-order chi connectivity index (χ0) is 17.4. The van der Waals surface area contributed by atoms with Gasteiger partial charge in [-0.3, -0.25) is 4.90 Å². The molecule has 0 fully saturated rings. The number of hydrogen-bond donors (Lipinski definition) is 1. The lowest BCUT2D eigenvalue weighted by atomic mass is 9.91. The number of carbonyl (C=O) groups excluding carboxylic acids is 1. The Morgan fingerprint density at radius 1 is 1.43 bits per heavy atom. The number of benzene rings is 1. The van der Waals surface area contributed by atoms with Gasteiger partial charge in [0.2, 0.25) is 0 Å². The van der Waals surface area contributed by atoms with E-state index in [0.717, 1.165) is 12.1 Å². The van der Waals surface area contributed by atoms with Gasteiger partial charge in [0.15, 0.2) is 0 Å². The molecule has 1 aromatic carbocycles. The smallest absolute Gasteiger partial charge is 0.416 e. The molecular formula is C16H20F3NO3. The van der Waals surface area contributed by atoms with Gasteiger partial charge in [0.25, 0.3) is 0 Å². The highest BCUT2D eigenvalue weighted by molar-refractivity contribution is 5.90. The first-order valence-electron chi connectivity index (χ1n) is 7.54. The second-order valence-electron chi connectivity index (χ2n) is 5.89. The van der Waals surface area contributed by atoms with Crippen molar-refractivity contribution in [3.05, 3.63) is 29.3 Å². The number of fused-ring (bicyclic) bond motifs is 1. The van der Waals surface area contributed by atoms with Crippen molar-refractivity contribution >= 4 is 11.8 Å². The van der Waals surface area contributed by atoms with E-state index in [4.69, 9.17) is 4.74 Å². The van der Waals surface area contributed by atoms with E-state index in [1.165, 1.54) is 11.0 Å². The molecular weight excluding hydrogens is 311 g/mol. The van der Waals surface area contributed by atoms with Crippen molar-refractivity contribution in [3.63, 3.8) is 0 Å². The number of aliphatic hydroxyl groups excluding tert-OH is 1. The molecule has 2 rings (SSSR count). The zero-order valence-corrected chi connectivity index (χ0v) is 13.2. The third kappa shape index (κ3) is 3.60. The second-order valence-corrected chi connectivity index (χ2v) is 5.89. The van der Waals surface area contributed by atoms with Crippen LogP contribution in [0.1, 0.15) is 50.8 Å². The summed E-state index contributed by atoms with van der Waals surface area (Å²) in [6.45, 7) is 5.25. The molecule has 2 atom stereocenters. The predicted octanol–water partition coefficient (Wildman–Crippen LogP) is 4.27. The third-order valence-corrected chi connectivity index (χ3v) is 3.84. The predicted molar refractivity (Wildman–Crippen MR) is 79.2 cm³/mol. The molecule has 1 aliphatic heterocycles. The minimum absolute atomic E-state index is 0.102. The number of ether oxygens (including phenoxy) is 1. The SMILES string of the molecule is CCC1CC(O)c2cc(C(F)(F)F)ccc2N1C(=O)OC(C)C. The first-order chi connectivity index (χ1) is 10.6. The molecule has 0 spiro atoms. The average Bonchev–Trinajstić information content (AvgIpc) is 2.44. The summed E-state index contributed by atoms with van der Waals surface area (Å²) in [4.78, 5) is 13.7. The fourth-order valence-corrected chi connectivity index (χ4v) is 2.76. The van der Waals surface area contributed by atoms with Crippen molar-refractivity contribution in [2.75, 3.05) is 4.90 Å². The van der Waals surface area contributed by atoms with Crippen molar-refractivity contribution in [1.82, 2.24) is 0 Å². The molecule has 0 radical (unpaired) electrons. The Morgan fingerprint density at radius 3 is 2.61 bits per heavy atom. The molecule has 2 unspecified atom stereocenters. The van der Waals surface area contributed by atoms with E-state index in [-0.39, 0.29) is 29.8 Å². The molecule has 4 nitrogen and oxygen atoms in total. The van der Waals surface area contributed by atoms with Crippen molar-refractivity contribution in [2.24, 2.45) is 0 Å². The van der Waals surface area contributed by atoms with E-state index in [1.54, 1.807) is 13.8 Å². The number of aliphatic hydroxyl groups is 1. The standard InChI is InChI=1S/C16H20F3NO3/c1-4-11-8-14(21)12-7-10(16(17,18)19)5-6-13(12)20(11)15(22)23-9(2)3/h5-7,9,11,14,21H,4,8H2,1-3H3. The molecule has 1 amide bonds. The van der Waals surface area contributed by atoms with Crippen molar-refractivity contribution in [3.8, 4) is 0 Å².